The number of furan rings is 1. The third-order valence-electron chi connectivity index (χ3n) is 9.76. The van der Waals surface area contributed by atoms with E-state index >= 15 is 0 Å². The Hall–Kier alpha value is -6.21. The highest BCUT2D eigenvalue weighted by molar-refractivity contribution is 7.26. The lowest BCUT2D eigenvalue weighted by Crippen LogP contribution is -2.00. The van der Waals surface area contributed by atoms with Crippen molar-refractivity contribution in [2.45, 2.75) is 0 Å². The van der Waals surface area contributed by atoms with Gasteiger partial charge in [0.2, 0.25) is 0 Å². The number of nitrogens with zero attached hydrogens (tertiary/aromatic N) is 3. The minimum absolute atomic E-state index is 0.579. The zero-order chi connectivity index (χ0) is 33.5. The van der Waals surface area contributed by atoms with Gasteiger partial charge in [0.1, 0.15) is 11.2 Å². The summed E-state index contributed by atoms with van der Waals surface area (Å²) < 4.78 is 11.7. The van der Waals surface area contributed by atoms with Crippen LogP contribution in [0.3, 0.4) is 0 Å². The summed E-state index contributed by atoms with van der Waals surface area (Å²) in [5.74, 6) is 1.83. The van der Waals surface area contributed by atoms with E-state index in [-0.39, 0.29) is 0 Å². The van der Waals surface area contributed by atoms with Crippen LogP contribution in [0.2, 0.25) is 0 Å². The van der Waals surface area contributed by atoms with Crippen LogP contribution in [0.4, 0.5) is 0 Å². The number of benzene rings is 7. The van der Waals surface area contributed by atoms with E-state index in [0.717, 1.165) is 38.6 Å². The van der Waals surface area contributed by atoms with Crippen LogP contribution in [0, 0.1) is 0 Å². The van der Waals surface area contributed by atoms with Crippen molar-refractivity contribution in [3.05, 3.63) is 152 Å². The van der Waals surface area contributed by atoms with Crippen LogP contribution in [0.5, 0.6) is 0 Å². The van der Waals surface area contributed by atoms with Crippen molar-refractivity contribution in [1.29, 1.82) is 0 Å². The van der Waals surface area contributed by atoms with E-state index in [9.17, 15) is 0 Å². The van der Waals surface area contributed by atoms with Gasteiger partial charge in [0.25, 0.3) is 0 Å². The van der Waals surface area contributed by atoms with Crippen LogP contribution in [0.25, 0.3) is 108 Å². The molecule has 11 rings (SSSR count). The lowest BCUT2D eigenvalue weighted by Gasteiger charge is -2.09. The van der Waals surface area contributed by atoms with Crippen molar-refractivity contribution in [2.75, 3.05) is 0 Å². The van der Waals surface area contributed by atoms with Crippen molar-refractivity contribution < 1.29 is 4.42 Å². The van der Waals surface area contributed by atoms with Crippen LogP contribution in [-0.4, -0.2) is 15.0 Å². The van der Waals surface area contributed by atoms with Crippen molar-refractivity contribution >= 4 is 85.0 Å². The summed E-state index contributed by atoms with van der Waals surface area (Å²) in [4.78, 5) is 15.2. The highest BCUT2D eigenvalue weighted by atomic mass is 32.1. The SMILES string of the molecule is c1ccc(-c2nc(-c3ccc4c(c3)sc3ccccc34)nc(-c3cccc4c3oc3ccc(-c5cccc6c5sc5ccccc56)cc34)n2)cc1. The minimum atomic E-state index is 0.579. The fourth-order valence-corrected chi connectivity index (χ4v) is 9.71. The van der Waals surface area contributed by atoms with Gasteiger partial charge >= 0.3 is 0 Å². The predicted molar refractivity (Wildman–Crippen MR) is 215 cm³/mol. The average Bonchev–Trinajstić information content (AvgIpc) is 3.88. The van der Waals surface area contributed by atoms with Crippen LogP contribution in [0.1, 0.15) is 0 Å². The monoisotopic (exact) mass is 687 g/mol. The van der Waals surface area contributed by atoms with Gasteiger partial charge in [-0.15, -0.1) is 22.7 Å². The zero-order valence-corrected chi connectivity index (χ0v) is 28.6. The Morgan fingerprint density at radius 1 is 0.373 bits per heavy atom. The number of hydrogen-bond acceptors (Lipinski definition) is 6. The molecule has 0 saturated heterocycles. The molecule has 4 nitrogen and oxygen atoms in total. The van der Waals surface area contributed by atoms with Gasteiger partial charge in [-0.25, -0.2) is 15.0 Å². The molecule has 0 bridgehead atoms. The van der Waals surface area contributed by atoms with Crippen molar-refractivity contribution in [2.24, 2.45) is 0 Å². The number of hydrogen-bond donors (Lipinski definition) is 0. The molecule has 0 amide bonds. The van der Waals surface area contributed by atoms with E-state index in [2.05, 4.69) is 115 Å². The molecular weight excluding hydrogens is 663 g/mol. The van der Waals surface area contributed by atoms with Gasteiger partial charge in [-0.05, 0) is 47.5 Å². The molecule has 51 heavy (non-hydrogen) atoms. The normalized spacial score (nSPS) is 11.9. The Labute approximate surface area is 299 Å². The van der Waals surface area contributed by atoms with Gasteiger partial charge in [-0.2, -0.15) is 0 Å². The van der Waals surface area contributed by atoms with E-state index in [1.165, 1.54) is 51.5 Å². The van der Waals surface area contributed by atoms with Gasteiger partial charge < -0.3 is 4.42 Å². The second-order valence-corrected chi connectivity index (χ2v) is 14.9. The Morgan fingerprint density at radius 3 is 1.84 bits per heavy atom. The number of aromatic nitrogens is 3. The summed E-state index contributed by atoms with van der Waals surface area (Å²) in [5, 5.41) is 7.20. The molecule has 0 radical (unpaired) electrons. The van der Waals surface area contributed by atoms with Gasteiger partial charge in [-0.3, -0.25) is 0 Å². The van der Waals surface area contributed by atoms with Crippen LogP contribution >= 0.6 is 22.7 Å². The van der Waals surface area contributed by atoms with Gasteiger partial charge in [0.05, 0.1) is 5.56 Å². The maximum atomic E-state index is 6.65. The first kappa shape index (κ1) is 28.6. The number of para-hydroxylation sites is 1. The molecule has 0 aliphatic heterocycles. The number of thiophene rings is 2. The highest BCUT2D eigenvalue weighted by Crippen LogP contribution is 2.43. The first-order chi connectivity index (χ1) is 25.2. The van der Waals surface area contributed by atoms with Crippen molar-refractivity contribution in [3.63, 3.8) is 0 Å². The largest absolute Gasteiger partial charge is 0.455 e. The third-order valence-corrected chi connectivity index (χ3v) is 12.1. The lowest BCUT2D eigenvalue weighted by atomic mass is 10.00. The molecular formula is C45H25N3OS2. The molecule has 4 heterocycles. The van der Waals surface area contributed by atoms with Crippen molar-refractivity contribution in [1.82, 2.24) is 15.0 Å². The Balaban J connectivity index is 1.09. The average molecular weight is 688 g/mol. The molecule has 0 aliphatic rings. The smallest absolute Gasteiger partial charge is 0.167 e. The topological polar surface area (TPSA) is 51.8 Å². The van der Waals surface area contributed by atoms with E-state index < -0.39 is 0 Å². The molecule has 4 aromatic heterocycles. The van der Waals surface area contributed by atoms with Gasteiger partial charge in [0, 0.05) is 62.2 Å². The summed E-state index contributed by atoms with van der Waals surface area (Å²) in [6, 6.07) is 53.2. The van der Waals surface area contributed by atoms with Crippen molar-refractivity contribution in [3.8, 4) is 45.3 Å². The molecule has 238 valence electrons. The number of rotatable bonds is 4. The molecule has 0 aliphatic carbocycles. The molecule has 11 aromatic rings. The molecule has 0 fully saturated rings. The maximum Gasteiger partial charge on any atom is 0.167 e. The quantitative estimate of drug-likeness (QED) is 0.185. The lowest BCUT2D eigenvalue weighted by molar-refractivity contribution is 0.669. The summed E-state index contributed by atoms with van der Waals surface area (Å²) >= 11 is 3.64. The first-order valence-corrected chi connectivity index (χ1v) is 18.5. The first-order valence-electron chi connectivity index (χ1n) is 16.8. The standard InChI is InChI=1S/C45H25N3OS2/c1-2-10-26(11-3-1)43-46-44(28-20-22-32-30-12-4-6-18-38(30)50-40(32)25-28)48-45(47-43)35-17-9-15-33-36-24-27(21-23-37(36)49-41(33)35)29-14-8-16-34-31-13-5-7-19-39(31)51-42(29)34/h1-25H. The molecule has 6 heteroatoms. The molecule has 0 atom stereocenters. The molecule has 7 aromatic carbocycles. The maximum absolute atomic E-state index is 6.65. The van der Waals surface area contributed by atoms with Crippen LogP contribution in [0.15, 0.2) is 156 Å². The van der Waals surface area contributed by atoms with Gasteiger partial charge in [-0.1, -0.05) is 115 Å². The Kier molecular flexibility index (Phi) is 6.26. The fourth-order valence-electron chi connectivity index (χ4n) is 7.32. The number of fused-ring (bicyclic) bond motifs is 9. The zero-order valence-electron chi connectivity index (χ0n) is 27.0. The summed E-state index contributed by atoms with van der Waals surface area (Å²) in [6.45, 7) is 0. The molecule has 0 spiro atoms. The van der Waals surface area contributed by atoms with Gasteiger partial charge in [0.15, 0.2) is 17.5 Å². The third kappa shape index (κ3) is 4.54. The summed E-state index contributed by atoms with van der Waals surface area (Å²) in [5.41, 5.74) is 6.71. The Bertz CT molecular complexity index is 3160. The second-order valence-electron chi connectivity index (χ2n) is 12.8. The summed E-state index contributed by atoms with van der Waals surface area (Å²) in [7, 11) is 0. The van der Waals surface area contributed by atoms with E-state index in [1.54, 1.807) is 11.3 Å². The van der Waals surface area contributed by atoms with Crippen LogP contribution in [-0.2, 0) is 0 Å². The van der Waals surface area contributed by atoms with Crippen LogP contribution < -0.4 is 0 Å². The molecule has 0 saturated carbocycles. The highest BCUT2D eigenvalue weighted by Gasteiger charge is 2.19. The minimum Gasteiger partial charge on any atom is -0.455 e. The predicted octanol–water partition coefficient (Wildman–Crippen LogP) is 13.2. The second kappa shape index (κ2) is 11.2. The summed E-state index contributed by atoms with van der Waals surface area (Å²) in [6.07, 6.45) is 0. The molecule has 0 N–H and O–H groups in total. The molecule has 0 unspecified atom stereocenters. The van der Waals surface area contributed by atoms with E-state index in [4.69, 9.17) is 19.4 Å². The fraction of sp³-hybridized carbons (Fsp3) is 0. The van der Waals surface area contributed by atoms with E-state index in [1.807, 2.05) is 47.7 Å². The Morgan fingerprint density at radius 2 is 1.00 bits per heavy atom. The van der Waals surface area contributed by atoms with E-state index in [0.29, 0.717) is 17.5 Å².